The average molecular weight is 234 g/mol. The van der Waals surface area contributed by atoms with Gasteiger partial charge in [0.1, 0.15) is 0 Å². The lowest BCUT2D eigenvalue weighted by Crippen LogP contribution is -2.24. The molecule has 1 atom stereocenters. The van der Waals surface area contributed by atoms with E-state index in [9.17, 15) is 4.79 Å². The third-order valence-electron chi connectivity index (χ3n) is 2.22. The van der Waals surface area contributed by atoms with Crippen LogP contribution in [0.3, 0.4) is 0 Å². The molecule has 0 fully saturated rings. The second-order valence-corrected chi connectivity index (χ2v) is 3.96. The summed E-state index contributed by atoms with van der Waals surface area (Å²) in [4.78, 5) is 17.6. The molecule has 0 saturated carbocycles. The topological polar surface area (TPSA) is 41.9 Å². The van der Waals surface area contributed by atoms with E-state index in [4.69, 9.17) is 4.74 Å². The maximum atomic E-state index is 11.6. The minimum atomic E-state index is -0.482. The Hall–Kier alpha value is -1.84. The number of rotatable bonds is 5. The fourth-order valence-corrected chi connectivity index (χ4v) is 1.38. The second-order valence-electron chi connectivity index (χ2n) is 3.96. The van der Waals surface area contributed by atoms with Gasteiger partial charge in [0.25, 0.3) is 0 Å². The quantitative estimate of drug-likeness (QED) is 0.439. The summed E-state index contributed by atoms with van der Waals surface area (Å²) in [6.45, 7) is 0. The Morgan fingerprint density at radius 3 is 2.59 bits per heavy atom. The lowest BCUT2D eigenvalue weighted by atomic mass is 10.1. The maximum absolute atomic E-state index is 11.6. The van der Waals surface area contributed by atoms with Gasteiger partial charge in [-0.15, -0.1) is 0 Å². The Bertz CT molecular complexity index is 374. The van der Waals surface area contributed by atoms with Crippen molar-refractivity contribution in [1.82, 2.24) is 4.90 Å². The Kier molecular flexibility index (Phi) is 5.20. The van der Waals surface area contributed by atoms with E-state index in [1.165, 1.54) is 7.11 Å². The highest BCUT2D eigenvalue weighted by Crippen LogP contribution is 2.07. The summed E-state index contributed by atoms with van der Waals surface area (Å²) in [5, 5.41) is 0. The van der Waals surface area contributed by atoms with Crippen molar-refractivity contribution in [3.8, 4) is 0 Å². The number of carbonyl (C=O) groups excluding carboxylic acids is 1. The molecule has 0 heterocycles. The third-order valence-corrected chi connectivity index (χ3v) is 2.22. The number of nitrogens with zero attached hydrogens (tertiary/aromatic N) is 2. The van der Waals surface area contributed by atoms with E-state index in [0.29, 0.717) is 6.42 Å². The first-order valence-electron chi connectivity index (χ1n) is 5.45. The minimum absolute atomic E-state index is 0.313. The van der Waals surface area contributed by atoms with Crippen LogP contribution in [0.1, 0.15) is 5.56 Å². The van der Waals surface area contributed by atoms with Crippen molar-refractivity contribution >= 4 is 12.3 Å². The summed E-state index contributed by atoms with van der Waals surface area (Å²) in [5.41, 5.74) is 1.07. The molecule has 4 heteroatoms. The van der Waals surface area contributed by atoms with Crippen LogP contribution < -0.4 is 0 Å². The molecule has 0 aromatic heterocycles. The Balaban J connectivity index is 2.74. The molecule has 0 aliphatic carbocycles. The smallest absolute Gasteiger partial charge is 0.330 e. The molecule has 0 unspecified atom stereocenters. The Morgan fingerprint density at radius 1 is 1.41 bits per heavy atom. The van der Waals surface area contributed by atoms with Gasteiger partial charge in [-0.2, -0.15) is 0 Å². The zero-order chi connectivity index (χ0) is 12.7. The van der Waals surface area contributed by atoms with Gasteiger partial charge in [0, 0.05) is 20.5 Å². The molecule has 0 spiro atoms. The van der Waals surface area contributed by atoms with Crippen molar-refractivity contribution in [2.24, 2.45) is 4.99 Å². The van der Waals surface area contributed by atoms with Crippen molar-refractivity contribution < 1.29 is 9.53 Å². The molecule has 4 nitrogen and oxygen atoms in total. The van der Waals surface area contributed by atoms with Crippen molar-refractivity contribution in [2.75, 3.05) is 21.2 Å². The fraction of sp³-hybridized carbons (Fsp3) is 0.385. The van der Waals surface area contributed by atoms with Crippen LogP contribution in [0.2, 0.25) is 0 Å². The van der Waals surface area contributed by atoms with E-state index in [1.807, 2.05) is 44.4 Å². The standard InChI is InChI=1S/C13H18N2O2/c1-15(2)10-14-12(13(16)17-3)9-11-7-5-4-6-8-11/h4-8,10,12H,9H2,1-3H3/t12-/m0/s1. The van der Waals surface area contributed by atoms with E-state index < -0.39 is 6.04 Å². The van der Waals surface area contributed by atoms with Gasteiger partial charge in [-0.3, -0.25) is 4.99 Å². The first kappa shape index (κ1) is 13.2. The molecule has 0 N–H and O–H groups in total. The summed E-state index contributed by atoms with van der Waals surface area (Å²) >= 11 is 0. The van der Waals surface area contributed by atoms with E-state index in [1.54, 1.807) is 11.2 Å². The Labute approximate surface area is 102 Å². The fourth-order valence-electron chi connectivity index (χ4n) is 1.38. The molecular weight excluding hydrogens is 216 g/mol. The van der Waals surface area contributed by atoms with Crippen molar-refractivity contribution in [2.45, 2.75) is 12.5 Å². The number of carbonyl (C=O) groups is 1. The molecular formula is C13H18N2O2. The summed E-state index contributed by atoms with van der Waals surface area (Å²) in [6.07, 6.45) is 2.18. The molecule has 0 amide bonds. The number of methoxy groups -OCH3 is 1. The van der Waals surface area contributed by atoms with Crippen LogP contribution >= 0.6 is 0 Å². The third kappa shape index (κ3) is 4.68. The van der Waals surface area contributed by atoms with Gasteiger partial charge in [0.15, 0.2) is 6.04 Å². The SMILES string of the molecule is COC(=O)[C@H](Cc1ccccc1)N=CN(C)C. The van der Waals surface area contributed by atoms with E-state index >= 15 is 0 Å². The molecule has 17 heavy (non-hydrogen) atoms. The molecule has 0 aliphatic rings. The summed E-state index contributed by atoms with van der Waals surface area (Å²) in [7, 11) is 5.10. The Morgan fingerprint density at radius 2 is 2.06 bits per heavy atom. The normalized spacial score (nSPS) is 12.4. The second kappa shape index (κ2) is 6.68. The number of hydrogen-bond donors (Lipinski definition) is 0. The molecule has 0 bridgehead atoms. The van der Waals surface area contributed by atoms with Gasteiger partial charge >= 0.3 is 5.97 Å². The molecule has 1 aromatic carbocycles. The van der Waals surface area contributed by atoms with Crippen LogP contribution in [0.25, 0.3) is 0 Å². The number of benzene rings is 1. The van der Waals surface area contributed by atoms with Gasteiger partial charge in [0.05, 0.1) is 13.4 Å². The van der Waals surface area contributed by atoms with Gasteiger partial charge < -0.3 is 9.64 Å². The number of aliphatic imine (C=N–C) groups is 1. The summed E-state index contributed by atoms with van der Waals surface area (Å²) in [6, 6.07) is 9.30. The maximum Gasteiger partial charge on any atom is 0.330 e. The summed E-state index contributed by atoms with van der Waals surface area (Å²) < 4.78 is 4.75. The zero-order valence-electron chi connectivity index (χ0n) is 10.5. The predicted molar refractivity (Wildman–Crippen MR) is 68.1 cm³/mol. The van der Waals surface area contributed by atoms with Crippen LogP contribution in [0.4, 0.5) is 0 Å². The molecule has 0 radical (unpaired) electrons. The first-order valence-corrected chi connectivity index (χ1v) is 5.45. The molecule has 1 aromatic rings. The monoisotopic (exact) mass is 234 g/mol. The largest absolute Gasteiger partial charge is 0.467 e. The van der Waals surface area contributed by atoms with E-state index in [0.717, 1.165) is 5.56 Å². The first-order chi connectivity index (χ1) is 8.13. The average Bonchev–Trinajstić information content (AvgIpc) is 2.34. The van der Waals surface area contributed by atoms with E-state index in [2.05, 4.69) is 4.99 Å². The predicted octanol–water partition coefficient (Wildman–Crippen LogP) is 1.36. The zero-order valence-corrected chi connectivity index (χ0v) is 10.5. The van der Waals surface area contributed by atoms with Crippen LogP contribution in [-0.4, -0.2) is 44.5 Å². The van der Waals surface area contributed by atoms with Crippen LogP contribution in [0.5, 0.6) is 0 Å². The van der Waals surface area contributed by atoms with E-state index in [-0.39, 0.29) is 5.97 Å². The number of esters is 1. The van der Waals surface area contributed by atoms with Crippen LogP contribution in [-0.2, 0) is 16.0 Å². The van der Waals surface area contributed by atoms with Crippen molar-refractivity contribution in [1.29, 1.82) is 0 Å². The van der Waals surface area contributed by atoms with Gasteiger partial charge in [-0.25, -0.2) is 4.79 Å². The highest BCUT2D eigenvalue weighted by Gasteiger charge is 2.17. The summed E-state index contributed by atoms with van der Waals surface area (Å²) in [5.74, 6) is -0.313. The minimum Gasteiger partial charge on any atom is -0.467 e. The van der Waals surface area contributed by atoms with Gasteiger partial charge in [-0.05, 0) is 5.56 Å². The van der Waals surface area contributed by atoms with Gasteiger partial charge in [0.2, 0.25) is 0 Å². The number of ether oxygens (including phenoxy) is 1. The van der Waals surface area contributed by atoms with Crippen LogP contribution in [0, 0.1) is 0 Å². The highest BCUT2D eigenvalue weighted by molar-refractivity contribution is 5.78. The number of hydrogen-bond acceptors (Lipinski definition) is 3. The van der Waals surface area contributed by atoms with Crippen LogP contribution in [0.15, 0.2) is 35.3 Å². The van der Waals surface area contributed by atoms with Crippen molar-refractivity contribution in [3.05, 3.63) is 35.9 Å². The molecule has 0 saturated heterocycles. The molecule has 92 valence electrons. The lowest BCUT2D eigenvalue weighted by Gasteiger charge is -2.11. The van der Waals surface area contributed by atoms with Gasteiger partial charge in [-0.1, -0.05) is 30.3 Å². The highest BCUT2D eigenvalue weighted by atomic mass is 16.5. The van der Waals surface area contributed by atoms with Crippen molar-refractivity contribution in [3.63, 3.8) is 0 Å². The molecule has 0 aliphatic heterocycles. The lowest BCUT2D eigenvalue weighted by molar-refractivity contribution is -0.142. The molecule has 1 rings (SSSR count).